The number of nitrogens with two attached hydrogens (primary N) is 1. The SMILES string of the molecule is Cc1c(Cl)cccc1-n1cc(CCCN)nn1. The number of halogens is 1. The second-order valence-electron chi connectivity index (χ2n) is 3.93. The van der Waals surface area contributed by atoms with Crippen LogP contribution in [0.3, 0.4) is 0 Å². The zero-order chi connectivity index (χ0) is 12.3. The molecule has 0 aliphatic heterocycles. The summed E-state index contributed by atoms with van der Waals surface area (Å²) in [4.78, 5) is 0. The van der Waals surface area contributed by atoms with Crippen molar-refractivity contribution in [3.63, 3.8) is 0 Å². The van der Waals surface area contributed by atoms with Gasteiger partial charge in [-0.15, -0.1) is 5.10 Å². The van der Waals surface area contributed by atoms with E-state index in [9.17, 15) is 0 Å². The Morgan fingerprint density at radius 1 is 1.41 bits per heavy atom. The molecule has 0 atom stereocenters. The first-order chi connectivity index (χ1) is 8.22. The van der Waals surface area contributed by atoms with Crippen LogP contribution in [0, 0.1) is 6.92 Å². The van der Waals surface area contributed by atoms with Gasteiger partial charge in [-0.3, -0.25) is 0 Å². The van der Waals surface area contributed by atoms with Crippen molar-refractivity contribution in [3.05, 3.63) is 40.7 Å². The maximum absolute atomic E-state index is 6.08. The third-order valence-electron chi connectivity index (χ3n) is 2.66. The minimum atomic E-state index is 0.670. The lowest BCUT2D eigenvalue weighted by Crippen LogP contribution is -2.00. The standard InChI is InChI=1S/C12H15ClN4/c1-9-11(13)5-2-6-12(9)17-8-10(15-16-17)4-3-7-14/h2,5-6,8H,3-4,7,14H2,1H3. The van der Waals surface area contributed by atoms with Crippen LogP contribution in [0.4, 0.5) is 0 Å². The maximum atomic E-state index is 6.08. The molecule has 5 heteroatoms. The van der Waals surface area contributed by atoms with Crippen molar-refractivity contribution < 1.29 is 0 Å². The third-order valence-corrected chi connectivity index (χ3v) is 3.07. The molecular formula is C12H15ClN4. The van der Waals surface area contributed by atoms with Crippen LogP contribution in [0.15, 0.2) is 24.4 Å². The molecule has 1 heterocycles. The minimum absolute atomic E-state index is 0.670. The Kier molecular flexibility index (Phi) is 3.76. The summed E-state index contributed by atoms with van der Waals surface area (Å²) < 4.78 is 1.76. The van der Waals surface area contributed by atoms with Gasteiger partial charge in [0.05, 0.1) is 17.6 Å². The average molecular weight is 251 g/mol. The summed E-state index contributed by atoms with van der Waals surface area (Å²) in [5.74, 6) is 0. The summed E-state index contributed by atoms with van der Waals surface area (Å²) in [5, 5.41) is 8.96. The molecule has 0 aliphatic rings. The molecule has 0 spiro atoms. The monoisotopic (exact) mass is 250 g/mol. The molecule has 2 N–H and O–H groups in total. The minimum Gasteiger partial charge on any atom is -0.330 e. The molecule has 17 heavy (non-hydrogen) atoms. The van der Waals surface area contributed by atoms with Crippen molar-refractivity contribution in [1.29, 1.82) is 0 Å². The van der Waals surface area contributed by atoms with Crippen LogP contribution in [-0.2, 0) is 6.42 Å². The van der Waals surface area contributed by atoms with E-state index >= 15 is 0 Å². The van der Waals surface area contributed by atoms with E-state index in [0.29, 0.717) is 6.54 Å². The molecule has 4 nitrogen and oxygen atoms in total. The number of hydrogen-bond acceptors (Lipinski definition) is 3. The number of rotatable bonds is 4. The summed E-state index contributed by atoms with van der Waals surface area (Å²) in [6.07, 6.45) is 3.71. The Balaban J connectivity index is 2.27. The fourth-order valence-corrected chi connectivity index (χ4v) is 1.83. The molecule has 1 aromatic heterocycles. The van der Waals surface area contributed by atoms with Crippen molar-refractivity contribution >= 4 is 11.6 Å². The second kappa shape index (κ2) is 5.29. The van der Waals surface area contributed by atoms with Crippen LogP contribution in [0.25, 0.3) is 5.69 Å². The average Bonchev–Trinajstić information content (AvgIpc) is 2.78. The van der Waals surface area contributed by atoms with Gasteiger partial charge in [0.25, 0.3) is 0 Å². The molecule has 1 aromatic carbocycles. The van der Waals surface area contributed by atoms with E-state index < -0.39 is 0 Å². The summed E-state index contributed by atoms with van der Waals surface area (Å²) >= 11 is 6.08. The first-order valence-corrected chi connectivity index (χ1v) is 5.97. The van der Waals surface area contributed by atoms with Gasteiger partial charge in [0.2, 0.25) is 0 Å². The van der Waals surface area contributed by atoms with Crippen LogP contribution in [-0.4, -0.2) is 21.5 Å². The molecule has 90 valence electrons. The Hall–Kier alpha value is -1.39. The van der Waals surface area contributed by atoms with Gasteiger partial charge in [0.15, 0.2) is 0 Å². The van der Waals surface area contributed by atoms with Gasteiger partial charge in [-0.2, -0.15) is 0 Å². The highest BCUT2D eigenvalue weighted by atomic mass is 35.5. The lowest BCUT2D eigenvalue weighted by molar-refractivity contribution is 0.777. The van der Waals surface area contributed by atoms with Gasteiger partial charge in [0.1, 0.15) is 0 Å². The number of aryl methyl sites for hydroxylation is 1. The Morgan fingerprint density at radius 2 is 2.24 bits per heavy atom. The summed E-state index contributed by atoms with van der Waals surface area (Å²) in [6.45, 7) is 2.64. The van der Waals surface area contributed by atoms with Crippen molar-refractivity contribution in [1.82, 2.24) is 15.0 Å². The number of nitrogens with zero attached hydrogens (tertiary/aromatic N) is 3. The van der Waals surface area contributed by atoms with Crippen molar-refractivity contribution in [3.8, 4) is 5.69 Å². The Bertz CT molecular complexity index is 507. The fourth-order valence-electron chi connectivity index (χ4n) is 1.66. The van der Waals surface area contributed by atoms with E-state index in [2.05, 4.69) is 10.3 Å². The predicted octanol–water partition coefficient (Wildman–Crippen LogP) is 2.12. The second-order valence-corrected chi connectivity index (χ2v) is 4.34. The maximum Gasteiger partial charge on any atom is 0.0832 e. The van der Waals surface area contributed by atoms with Gasteiger partial charge >= 0.3 is 0 Å². The van der Waals surface area contributed by atoms with Gasteiger partial charge < -0.3 is 5.73 Å². The normalized spacial score (nSPS) is 10.8. The van der Waals surface area contributed by atoms with Crippen molar-refractivity contribution in [2.75, 3.05) is 6.54 Å². The van der Waals surface area contributed by atoms with E-state index in [0.717, 1.165) is 34.8 Å². The smallest absolute Gasteiger partial charge is 0.0832 e. The molecular weight excluding hydrogens is 236 g/mol. The highest BCUT2D eigenvalue weighted by Crippen LogP contribution is 2.21. The summed E-state index contributed by atoms with van der Waals surface area (Å²) in [7, 11) is 0. The van der Waals surface area contributed by atoms with Crippen molar-refractivity contribution in [2.45, 2.75) is 19.8 Å². The number of aromatic nitrogens is 3. The fraction of sp³-hybridized carbons (Fsp3) is 0.333. The van der Waals surface area contributed by atoms with E-state index in [-0.39, 0.29) is 0 Å². The topological polar surface area (TPSA) is 56.7 Å². The first-order valence-electron chi connectivity index (χ1n) is 5.59. The number of hydrogen-bond donors (Lipinski definition) is 1. The van der Waals surface area contributed by atoms with Gasteiger partial charge in [-0.05, 0) is 44.0 Å². The highest BCUT2D eigenvalue weighted by molar-refractivity contribution is 6.31. The highest BCUT2D eigenvalue weighted by Gasteiger charge is 2.07. The molecule has 2 aromatic rings. The Labute approximate surface area is 105 Å². The van der Waals surface area contributed by atoms with Crippen molar-refractivity contribution in [2.24, 2.45) is 5.73 Å². The van der Waals surface area contributed by atoms with Gasteiger partial charge in [0, 0.05) is 5.02 Å². The molecule has 0 unspecified atom stereocenters. The lowest BCUT2D eigenvalue weighted by Gasteiger charge is -2.05. The van der Waals surface area contributed by atoms with Crippen LogP contribution >= 0.6 is 11.6 Å². The molecule has 0 fully saturated rings. The first kappa shape index (κ1) is 12.1. The van der Waals surface area contributed by atoms with Gasteiger partial charge in [-0.1, -0.05) is 22.9 Å². The summed E-state index contributed by atoms with van der Waals surface area (Å²) in [6, 6.07) is 5.75. The molecule has 0 amide bonds. The molecule has 0 bridgehead atoms. The third kappa shape index (κ3) is 2.65. The van der Waals surface area contributed by atoms with Crippen LogP contribution in [0.2, 0.25) is 5.02 Å². The van der Waals surface area contributed by atoms with E-state index in [1.807, 2.05) is 31.3 Å². The molecule has 2 rings (SSSR count). The van der Waals surface area contributed by atoms with E-state index in [4.69, 9.17) is 17.3 Å². The summed E-state index contributed by atoms with van der Waals surface area (Å²) in [5.41, 5.74) is 8.39. The number of benzene rings is 1. The zero-order valence-corrected chi connectivity index (χ0v) is 10.5. The molecule has 0 radical (unpaired) electrons. The molecule has 0 aliphatic carbocycles. The van der Waals surface area contributed by atoms with E-state index in [1.54, 1.807) is 4.68 Å². The molecule has 0 saturated heterocycles. The lowest BCUT2D eigenvalue weighted by atomic mass is 10.2. The molecule has 0 saturated carbocycles. The van der Waals surface area contributed by atoms with Crippen LogP contribution < -0.4 is 5.73 Å². The van der Waals surface area contributed by atoms with E-state index in [1.165, 1.54) is 0 Å². The predicted molar refractivity (Wildman–Crippen MR) is 68.5 cm³/mol. The largest absolute Gasteiger partial charge is 0.330 e. The van der Waals surface area contributed by atoms with Crippen LogP contribution in [0.1, 0.15) is 17.7 Å². The van der Waals surface area contributed by atoms with Crippen LogP contribution in [0.5, 0.6) is 0 Å². The van der Waals surface area contributed by atoms with Gasteiger partial charge in [-0.25, -0.2) is 4.68 Å². The quantitative estimate of drug-likeness (QED) is 0.904. The zero-order valence-electron chi connectivity index (χ0n) is 9.73. The Morgan fingerprint density at radius 3 is 3.00 bits per heavy atom.